The van der Waals surface area contributed by atoms with Gasteiger partial charge in [0.2, 0.25) is 5.91 Å². The topological polar surface area (TPSA) is 57.6 Å². The zero-order valence-corrected chi connectivity index (χ0v) is 8.27. The van der Waals surface area contributed by atoms with Gasteiger partial charge in [0.25, 0.3) is 0 Å². The third-order valence-corrected chi connectivity index (χ3v) is 2.41. The minimum absolute atomic E-state index is 0.0680. The van der Waals surface area contributed by atoms with E-state index in [-0.39, 0.29) is 11.8 Å². The molecule has 0 aromatic carbocycles. The van der Waals surface area contributed by atoms with Crippen molar-refractivity contribution in [3.8, 4) is 0 Å². The zero-order chi connectivity index (χ0) is 10.6. The number of hydrogen-bond acceptors (Lipinski definition) is 2. The van der Waals surface area contributed by atoms with Crippen molar-refractivity contribution in [2.45, 2.75) is 19.8 Å². The van der Waals surface area contributed by atoms with E-state index >= 15 is 0 Å². The summed E-state index contributed by atoms with van der Waals surface area (Å²) in [5.41, 5.74) is 0. The van der Waals surface area contributed by atoms with Gasteiger partial charge in [0.15, 0.2) is 0 Å². The smallest absolute Gasteiger partial charge is 0.327 e. The number of aliphatic carboxylic acids is 1. The van der Waals surface area contributed by atoms with Crippen LogP contribution in [0.2, 0.25) is 0 Å². The second-order valence-corrected chi connectivity index (χ2v) is 3.56. The summed E-state index contributed by atoms with van der Waals surface area (Å²) in [5, 5.41) is 8.45. The van der Waals surface area contributed by atoms with Crippen LogP contribution in [0.4, 0.5) is 0 Å². The van der Waals surface area contributed by atoms with Crippen molar-refractivity contribution in [2.75, 3.05) is 13.1 Å². The van der Waals surface area contributed by atoms with Gasteiger partial charge in [0, 0.05) is 26.1 Å². The van der Waals surface area contributed by atoms with Gasteiger partial charge in [-0.15, -0.1) is 0 Å². The van der Waals surface area contributed by atoms with Crippen molar-refractivity contribution >= 4 is 11.9 Å². The number of likely N-dealkylation sites (tertiary alicyclic amines) is 1. The van der Waals surface area contributed by atoms with Crippen LogP contribution in [0.25, 0.3) is 0 Å². The first-order valence-electron chi connectivity index (χ1n) is 4.76. The quantitative estimate of drug-likeness (QED) is 0.669. The van der Waals surface area contributed by atoms with Gasteiger partial charge in [-0.25, -0.2) is 4.79 Å². The highest BCUT2D eigenvalue weighted by Gasteiger charge is 2.19. The molecule has 1 saturated heterocycles. The fourth-order valence-corrected chi connectivity index (χ4v) is 1.67. The van der Waals surface area contributed by atoms with Crippen LogP contribution < -0.4 is 0 Å². The minimum atomic E-state index is -0.926. The van der Waals surface area contributed by atoms with E-state index in [0.717, 1.165) is 25.5 Å². The van der Waals surface area contributed by atoms with Crippen LogP contribution in [0.1, 0.15) is 19.8 Å². The third kappa shape index (κ3) is 3.20. The molecule has 0 saturated carbocycles. The summed E-state index contributed by atoms with van der Waals surface area (Å²) in [7, 11) is 0. The first-order chi connectivity index (χ1) is 6.59. The Hall–Kier alpha value is -1.32. The Morgan fingerprint density at radius 2 is 2.21 bits per heavy atom. The fourth-order valence-electron chi connectivity index (χ4n) is 1.67. The van der Waals surface area contributed by atoms with Crippen molar-refractivity contribution in [2.24, 2.45) is 5.92 Å². The Labute approximate surface area is 83.2 Å². The summed E-state index contributed by atoms with van der Waals surface area (Å²) in [6.45, 7) is 3.00. The SMILES string of the molecule is CC(=O)N1CCCC(/C=C/C(=O)O)C1. The van der Waals surface area contributed by atoms with Crippen molar-refractivity contribution in [1.82, 2.24) is 4.90 Å². The number of carboxylic acid groups (broad SMARTS) is 1. The number of piperidine rings is 1. The molecule has 14 heavy (non-hydrogen) atoms. The van der Waals surface area contributed by atoms with Crippen LogP contribution >= 0.6 is 0 Å². The highest BCUT2D eigenvalue weighted by Crippen LogP contribution is 2.17. The molecule has 0 aromatic heterocycles. The number of carbonyl (C=O) groups excluding carboxylic acids is 1. The van der Waals surface area contributed by atoms with Crippen LogP contribution in [-0.4, -0.2) is 35.0 Å². The summed E-state index contributed by atoms with van der Waals surface area (Å²) < 4.78 is 0. The molecule has 1 rings (SSSR count). The molecule has 1 atom stereocenters. The van der Waals surface area contributed by atoms with E-state index < -0.39 is 5.97 Å². The molecule has 4 nitrogen and oxygen atoms in total. The Bertz CT molecular complexity index is 260. The molecule has 0 aliphatic carbocycles. The average Bonchev–Trinajstić information content (AvgIpc) is 2.15. The van der Waals surface area contributed by atoms with Crippen LogP contribution in [-0.2, 0) is 9.59 Å². The number of carboxylic acids is 1. The van der Waals surface area contributed by atoms with Crippen molar-refractivity contribution in [3.05, 3.63) is 12.2 Å². The van der Waals surface area contributed by atoms with Crippen molar-refractivity contribution in [1.29, 1.82) is 0 Å². The highest BCUT2D eigenvalue weighted by molar-refractivity contribution is 5.79. The molecule has 78 valence electrons. The molecule has 1 aliphatic heterocycles. The predicted molar refractivity (Wildman–Crippen MR) is 51.8 cm³/mol. The maximum absolute atomic E-state index is 11.1. The molecule has 0 aromatic rings. The molecule has 1 fully saturated rings. The number of rotatable bonds is 2. The molecule has 1 unspecified atom stereocenters. The first kappa shape index (κ1) is 10.8. The molecule has 1 heterocycles. The van der Waals surface area contributed by atoms with Crippen molar-refractivity contribution < 1.29 is 14.7 Å². The Balaban J connectivity index is 2.48. The van der Waals surface area contributed by atoms with Gasteiger partial charge in [-0.05, 0) is 18.8 Å². The normalized spacial score (nSPS) is 22.6. The summed E-state index contributed by atoms with van der Waals surface area (Å²) in [5.74, 6) is -0.660. The van der Waals surface area contributed by atoms with Gasteiger partial charge in [0.1, 0.15) is 0 Å². The maximum atomic E-state index is 11.1. The second kappa shape index (κ2) is 4.79. The summed E-state index contributed by atoms with van der Waals surface area (Å²) in [6.07, 6.45) is 4.76. The molecule has 0 spiro atoms. The number of hydrogen-bond donors (Lipinski definition) is 1. The molecule has 4 heteroatoms. The number of nitrogens with zero attached hydrogens (tertiary/aromatic N) is 1. The molecular formula is C10H15NO3. The summed E-state index contributed by atoms with van der Waals surface area (Å²) >= 11 is 0. The van der Waals surface area contributed by atoms with E-state index in [4.69, 9.17) is 5.11 Å². The Morgan fingerprint density at radius 1 is 1.50 bits per heavy atom. The van der Waals surface area contributed by atoms with Crippen LogP contribution in [0.5, 0.6) is 0 Å². The van der Waals surface area contributed by atoms with E-state index in [1.807, 2.05) is 0 Å². The van der Waals surface area contributed by atoms with Gasteiger partial charge in [-0.2, -0.15) is 0 Å². The van der Waals surface area contributed by atoms with Gasteiger partial charge in [-0.3, -0.25) is 4.79 Å². The van der Waals surface area contributed by atoms with Gasteiger partial charge >= 0.3 is 5.97 Å². The van der Waals surface area contributed by atoms with E-state index in [9.17, 15) is 9.59 Å². The summed E-state index contributed by atoms with van der Waals surface area (Å²) in [4.78, 5) is 23.1. The van der Waals surface area contributed by atoms with Crippen molar-refractivity contribution in [3.63, 3.8) is 0 Å². The van der Waals surface area contributed by atoms with Crippen LogP contribution in [0, 0.1) is 5.92 Å². The zero-order valence-electron chi connectivity index (χ0n) is 8.27. The minimum Gasteiger partial charge on any atom is -0.478 e. The van der Waals surface area contributed by atoms with E-state index in [1.165, 1.54) is 0 Å². The lowest BCUT2D eigenvalue weighted by molar-refractivity contribution is -0.131. The van der Waals surface area contributed by atoms with E-state index in [0.29, 0.717) is 6.54 Å². The molecule has 1 aliphatic rings. The molecule has 0 radical (unpaired) electrons. The first-order valence-corrected chi connectivity index (χ1v) is 4.76. The summed E-state index contributed by atoms with van der Waals surface area (Å²) in [6, 6.07) is 0. The van der Waals surface area contributed by atoms with E-state index in [1.54, 1.807) is 17.9 Å². The van der Waals surface area contributed by atoms with Gasteiger partial charge in [-0.1, -0.05) is 6.08 Å². The van der Waals surface area contributed by atoms with Gasteiger partial charge in [0.05, 0.1) is 0 Å². The average molecular weight is 197 g/mol. The maximum Gasteiger partial charge on any atom is 0.327 e. The molecule has 1 amide bonds. The second-order valence-electron chi connectivity index (χ2n) is 3.56. The lowest BCUT2D eigenvalue weighted by Crippen LogP contribution is -2.37. The highest BCUT2D eigenvalue weighted by atomic mass is 16.4. The van der Waals surface area contributed by atoms with E-state index in [2.05, 4.69) is 0 Å². The van der Waals surface area contributed by atoms with Gasteiger partial charge < -0.3 is 10.0 Å². The van der Waals surface area contributed by atoms with Crippen LogP contribution in [0.3, 0.4) is 0 Å². The Kier molecular flexibility index (Phi) is 3.68. The lowest BCUT2D eigenvalue weighted by atomic mass is 9.97. The predicted octanol–water partition coefficient (Wildman–Crippen LogP) is 0.886. The molecular weight excluding hydrogens is 182 g/mol. The van der Waals surface area contributed by atoms with Crippen LogP contribution in [0.15, 0.2) is 12.2 Å². The number of amides is 1. The standard InChI is InChI=1S/C10H15NO3/c1-8(12)11-6-2-3-9(7-11)4-5-10(13)14/h4-5,9H,2-3,6-7H2,1H3,(H,13,14)/b5-4+. The fraction of sp³-hybridized carbons (Fsp3) is 0.600. The molecule has 0 bridgehead atoms. The number of carbonyl (C=O) groups is 2. The molecule has 1 N–H and O–H groups in total. The monoisotopic (exact) mass is 197 g/mol. The largest absolute Gasteiger partial charge is 0.478 e. The third-order valence-electron chi connectivity index (χ3n) is 2.41. The Morgan fingerprint density at radius 3 is 2.79 bits per heavy atom. The lowest BCUT2D eigenvalue weighted by Gasteiger charge is -2.30.